The van der Waals surface area contributed by atoms with Gasteiger partial charge in [0.25, 0.3) is 0 Å². The average molecular weight is 283 g/mol. The number of furan rings is 1. The van der Waals surface area contributed by atoms with Gasteiger partial charge in [-0.2, -0.15) is 5.26 Å². The van der Waals surface area contributed by atoms with Crippen molar-refractivity contribution in [1.82, 2.24) is 5.32 Å². The number of carbonyl (C=O) groups excluding carboxylic acids is 2. The summed E-state index contributed by atoms with van der Waals surface area (Å²) in [7, 11) is 0. The molecule has 0 aliphatic carbocycles. The van der Waals surface area contributed by atoms with E-state index in [1.165, 1.54) is 6.26 Å². The number of nitriles is 1. The highest BCUT2D eigenvalue weighted by Crippen LogP contribution is 2.09. The number of rotatable bonds is 5. The van der Waals surface area contributed by atoms with Crippen LogP contribution in [0.5, 0.6) is 0 Å². The van der Waals surface area contributed by atoms with Crippen LogP contribution in [0.3, 0.4) is 0 Å². The van der Waals surface area contributed by atoms with Crippen LogP contribution in [0.4, 0.5) is 5.69 Å². The van der Waals surface area contributed by atoms with Gasteiger partial charge in [0.1, 0.15) is 12.2 Å². The molecule has 106 valence electrons. The van der Waals surface area contributed by atoms with Crippen LogP contribution in [0, 0.1) is 11.3 Å². The normalized spacial score (nSPS) is 9.67. The van der Waals surface area contributed by atoms with E-state index < -0.39 is 11.8 Å². The van der Waals surface area contributed by atoms with E-state index in [2.05, 4.69) is 10.6 Å². The van der Waals surface area contributed by atoms with Crippen molar-refractivity contribution in [2.24, 2.45) is 0 Å². The first-order valence-corrected chi connectivity index (χ1v) is 6.26. The summed E-state index contributed by atoms with van der Waals surface area (Å²) in [6, 6.07) is 11.8. The first-order valence-electron chi connectivity index (χ1n) is 6.26. The second kappa shape index (κ2) is 6.91. The Labute approximate surface area is 121 Å². The van der Waals surface area contributed by atoms with E-state index in [9.17, 15) is 9.59 Å². The molecule has 0 unspecified atom stereocenters. The number of hydrogen-bond acceptors (Lipinski definition) is 4. The third-order valence-electron chi connectivity index (χ3n) is 2.66. The minimum Gasteiger partial charge on any atom is -0.467 e. The molecule has 2 aromatic rings. The largest absolute Gasteiger partial charge is 0.467 e. The molecule has 0 bridgehead atoms. The van der Waals surface area contributed by atoms with Gasteiger partial charge >= 0.3 is 0 Å². The fourth-order valence-corrected chi connectivity index (χ4v) is 1.64. The molecule has 0 radical (unpaired) electrons. The van der Waals surface area contributed by atoms with Crippen LogP contribution < -0.4 is 10.6 Å². The molecule has 2 rings (SSSR count). The lowest BCUT2D eigenvalue weighted by Crippen LogP contribution is -2.27. The Kier molecular flexibility index (Phi) is 4.72. The summed E-state index contributed by atoms with van der Waals surface area (Å²) in [5.41, 5.74) is 1.04. The third-order valence-corrected chi connectivity index (χ3v) is 2.66. The summed E-state index contributed by atoms with van der Waals surface area (Å²) < 4.78 is 5.06. The summed E-state index contributed by atoms with van der Waals surface area (Å²) in [5, 5.41) is 13.8. The van der Waals surface area contributed by atoms with E-state index in [-0.39, 0.29) is 13.0 Å². The number of hydrogen-bond donors (Lipinski definition) is 2. The van der Waals surface area contributed by atoms with E-state index in [0.29, 0.717) is 17.0 Å². The van der Waals surface area contributed by atoms with Crippen molar-refractivity contribution in [3.63, 3.8) is 0 Å². The topological polar surface area (TPSA) is 95.1 Å². The van der Waals surface area contributed by atoms with E-state index >= 15 is 0 Å². The highest BCUT2D eigenvalue weighted by Gasteiger charge is 2.10. The predicted molar refractivity (Wildman–Crippen MR) is 75.0 cm³/mol. The highest BCUT2D eigenvalue weighted by molar-refractivity contribution is 6.03. The smallest absolute Gasteiger partial charge is 0.233 e. The molecule has 1 aromatic heterocycles. The Morgan fingerprint density at radius 2 is 1.90 bits per heavy atom. The minimum absolute atomic E-state index is 0.246. The summed E-state index contributed by atoms with van der Waals surface area (Å²) in [6.07, 6.45) is 1.24. The molecule has 0 fully saturated rings. The van der Waals surface area contributed by atoms with E-state index in [1.807, 2.05) is 6.07 Å². The lowest BCUT2D eigenvalue weighted by atomic mass is 10.2. The first kappa shape index (κ1) is 14.3. The van der Waals surface area contributed by atoms with Crippen LogP contribution in [0.2, 0.25) is 0 Å². The van der Waals surface area contributed by atoms with Crippen molar-refractivity contribution < 1.29 is 14.0 Å². The molecular weight excluding hydrogens is 270 g/mol. The molecule has 1 aromatic carbocycles. The number of amides is 2. The maximum absolute atomic E-state index is 11.7. The lowest BCUT2D eigenvalue weighted by molar-refractivity contribution is -0.127. The zero-order chi connectivity index (χ0) is 15.1. The third kappa shape index (κ3) is 4.51. The quantitative estimate of drug-likeness (QED) is 0.818. The molecule has 1 heterocycles. The Balaban J connectivity index is 1.78. The van der Waals surface area contributed by atoms with E-state index in [4.69, 9.17) is 9.68 Å². The number of nitrogens with zero attached hydrogens (tertiary/aromatic N) is 1. The average Bonchev–Trinajstić information content (AvgIpc) is 2.99. The van der Waals surface area contributed by atoms with Gasteiger partial charge in [0.05, 0.1) is 24.4 Å². The van der Waals surface area contributed by atoms with Gasteiger partial charge in [0, 0.05) is 5.69 Å². The standard InChI is InChI=1S/C15H13N3O3/c16-9-11-3-5-12(6-4-11)18-15(20)8-14(19)17-10-13-2-1-7-21-13/h1-7H,8,10H2,(H,17,19)(H,18,20). The fraction of sp³-hybridized carbons (Fsp3) is 0.133. The van der Waals surface area contributed by atoms with Gasteiger partial charge < -0.3 is 15.1 Å². The first-order chi connectivity index (χ1) is 10.2. The number of nitrogens with one attached hydrogen (secondary N) is 2. The van der Waals surface area contributed by atoms with Crippen LogP contribution in [-0.4, -0.2) is 11.8 Å². The molecule has 2 N–H and O–H groups in total. The van der Waals surface area contributed by atoms with Gasteiger partial charge in [-0.15, -0.1) is 0 Å². The fourth-order valence-electron chi connectivity index (χ4n) is 1.64. The monoisotopic (exact) mass is 283 g/mol. The van der Waals surface area contributed by atoms with Gasteiger partial charge in [0.15, 0.2) is 0 Å². The molecule has 6 nitrogen and oxygen atoms in total. The number of anilines is 1. The maximum Gasteiger partial charge on any atom is 0.233 e. The van der Waals surface area contributed by atoms with Crippen LogP contribution in [0.25, 0.3) is 0 Å². The summed E-state index contributed by atoms with van der Waals surface area (Å²) in [4.78, 5) is 23.3. The maximum atomic E-state index is 11.7. The zero-order valence-electron chi connectivity index (χ0n) is 11.1. The van der Waals surface area contributed by atoms with Gasteiger partial charge in [-0.3, -0.25) is 9.59 Å². The molecule has 0 aliphatic heterocycles. The van der Waals surface area contributed by atoms with Gasteiger partial charge in [-0.1, -0.05) is 0 Å². The molecular formula is C15H13N3O3. The van der Waals surface area contributed by atoms with Crippen molar-refractivity contribution in [2.75, 3.05) is 5.32 Å². The molecule has 21 heavy (non-hydrogen) atoms. The lowest BCUT2D eigenvalue weighted by Gasteiger charge is -2.05. The number of benzene rings is 1. The van der Waals surface area contributed by atoms with Crippen LogP contribution in [0.15, 0.2) is 47.1 Å². The van der Waals surface area contributed by atoms with Gasteiger partial charge in [0.2, 0.25) is 11.8 Å². The number of carbonyl (C=O) groups is 2. The van der Waals surface area contributed by atoms with Crippen molar-refractivity contribution in [1.29, 1.82) is 5.26 Å². The molecule has 0 saturated heterocycles. The molecule has 6 heteroatoms. The van der Waals surface area contributed by atoms with Crippen LogP contribution in [-0.2, 0) is 16.1 Å². The second-order valence-electron chi connectivity index (χ2n) is 4.27. The SMILES string of the molecule is N#Cc1ccc(NC(=O)CC(=O)NCc2ccco2)cc1. The Morgan fingerprint density at radius 1 is 1.14 bits per heavy atom. The van der Waals surface area contributed by atoms with Crippen LogP contribution >= 0.6 is 0 Å². The molecule has 0 atom stereocenters. The Hall–Kier alpha value is -3.07. The summed E-state index contributed by atoms with van der Waals surface area (Å²) >= 11 is 0. The second-order valence-corrected chi connectivity index (χ2v) is 4.27. The van der Waals surface area contributed by atoms with Gasteiger partial charge in [-0.25, -0.2) is 0 Å². The Bertz CT molecular complexity index is 654. The molecule has 0 saturated carbocycles. The highest BCUT2D eigenvalue weighted by atomic mass is 16.3. The van der Waals surface area contributed by atoms with E-state index in [0.717, 1.165) is 0 Å². The minimum atomic E-state index is -0.420. The summed E-state index contributed by atoms with van der Waals surface area (Å²) in [6.45, 7) is 0.246. The Morgan fingerprint density at radius 3 is 2.52 bits per heavy atom. The van der Waals surface area contributed by atoms with Crippen LogP contribution in [0.1, 0.15) is 17.7 Å². The van der Waals surface area contributed by atoms with Crippen molar-refractivity contribution in [3.05, 3.63) is 54.0 Å². The molecule has 0 spiro atoms. The van der Waals surface area contributed by atoms with Crippen molar-refractivity contribution in [3.8, 4) is 6.07 Å². The van der Waals surface area contributed by atoms with E-state index in [1.54, 1.807) is 36.4 Å². The summed E-state index contributed by atoms with van der Waals surface area (Å²) in [5.74, 6) is -0.190. The predicted octanol–water partition coefficient (Wildman–Crippen LogP) is 1.80. The molecule has 0 aliphatic rings. The molecule has 2 amide bonds. The van der Waals surface area contributed by atoms with Crippen molar-refractivity contribution >= 4 is 17.5 Å². The zero-order valence-corrected chi connectivity index (χ0v) is 11.1. The van der Waals surface area contributed by atoms with Gasteiger partial charge in [-0.05, 0) is 36.4 Å². The van der Waals surface area contributed by atoms with Crippen molar-refractivity contribution in [2.45, 2.75) is 13.0 Å².